The number of benzene rings is 7. The molecule has 0 saturated heterocycles. The van der Waals surface area contributed by atoms with E-state index in [2.05, 4.69) is 159 Å². The van der Waals surface area contributed by atoms with Crippen LogP contribution < -0.4 is 4.74 Å². The van der Waals surface area contributed by atoms with Crippen molar-refractivity contribution >= 4 is 6.08 Å². The molecule has 1 atom stereocenters. The summed E-state index contributed by atoms with van der Waals surface area (Å²) >= 11 is 0. The van der Waals surface area contributed by atoms with Gasteiger partial charge in [-0.2, -0.15) is 0 Å². The lowest BCUT2D eigenvalue weighted by Gasteiger charge is -2.39. The first-order valence-electron chi connectivity index (χ1n) is 18.9. The highest BCUT2D eigenvalue weighted by Crippen LogP contribution is 2.63. The molecule has 2 heterocycles. The minimum atomic E-state index is -0.578. The molecule has 1 aromatic heterocycles. The molecule has 4 nitrogen and oxygen atoms in total. The number of hydrogen-bond acceptors (Lipinski definition) is 4. The molecule has 2 aliphatic carbocycles. The molecule has 0 saturated carbocycles. The lowest BCUT2D eigenvalue weighted by atomic mass is 9.66. The van der Waals surface area contributed by atoms with E-state index in [4.69, 9.17) is 19.7 Å². The van der Waals surface area contributed by atoms with Gasteiger partial charge in [0.1, 0.15) is 11.5 Å². The second-order valence-corrected chi connectivity index (χ2v) is 15.0. The number of hydrogen-bond donors (Lipinski definition) is 0. The van der Waals surface area contributed by atoms with Crippen LogP contribution in [0.2, 0.25) is 0 Å². The van der Waals surface area contributed by atoms with Gasteiger partial charge in [-0.05, 0) is 57.5 Å². The normalized spacial score (nSPS) is 16.7. The van der Waals surface area contributed by atoms with Gasteiger partial charge in [0, 0.05) is 33.2 Å². The fourth-order valence-corrected chi connectivity index (χ4v) is 9.22. The molecule has 0 radical (unpaired) electrons. The van der Waals surface area contributed by atoms with Gasteiger partial charge in [0.05, 0.1) is 5.41 Å². The number of para-hydroxylation sites is 2. The summed E-state index contributed by atoms with van der Waals surface area (Å²) in [7, 11) is 0. The van der Waals surface area contributed by atoms with Gasteiger partial charge in [-0.1, -0.05) is 177 Å². The van der Waals surface area contributed by atoms with Crippen LogP contribution in [0.3, 0.4) is 0 Å². The lowest BCUT2D eigenvalue weighted by molar-refractivity contribution is 0.436. The van der Waals surface area contributed by atoms with E-state index in [1.54, 1.807) is 0 Å². The summed E-state index contributed by atoms with van der Waals surface area (Å²) in [5.74, 6) is 3.67. The number of fused-ring (bicyclic) bond motifs is 10. The number of aromatic nitrogens is 3. The molecule has 0 bridgehead atoms. The zero-order valence-electron chi connectivity index (χ0n) is 30.3. The van der Waals surface area contributed by atoms with E-state index >= 15 is 0 Å². The molecule has 3 aliphatic rings. The van der Waals surface area contributed by atoms with Crippen LogP contribution in [-0.2, 0) is 17.3 Å². The summed E-state index contributed by atoms with van der Waals surface area (Å²) in [6.07, 6.45) is 5.56. The highest BCUT2D eigenvalue weighted by atomic mass is 16.5. The van der Waals surface area contributed by atoms with E-state index in [-0.39, 0.29) is 5.41 Å². The Morgan fingerprint density at radius 1 is 0.473 bits per heavy atom. The number of ether oxygens (including phenoxy) is 1. The van der Waals surface area contributed by atoms with Gasteiger partial charge in [0.15, 0.2) is 17.5 Å². The second kappa shape index (κ2) is 12.1. The van der Waals surface area contributed by atoms with Crippen molar-refractivity contribution in [2.75, 3.05) is 0 Å². The molecule has 55 heavy (non-hydrogen) atoms. The van der Waals surface area contributed by atoms with Crippen LogP contribution in [0.15, 0.2) is 176 Å². The van der Waals surface area contributed by atoms with Crippen LogP contribution >= 0.6 is 0 Å². The van der Waals surface area contributed by atoms with Crippen molar-refractivity contribution in [1.82, 2.24) is 15.0 Å². The summed E-state index contributed by atoms with van der Waals surface area (Å²) < 4.78 is 6.57. The Bertz CT molecular complexity index is 2800. The smallest absolute Gasteiger partial charge is 0.164 e. The van der Waals surface area contributed by atoms with Crippen molar-refractivity contribution in [3.8, 4) is 56.8 Å². The Hall–Kier alpha value is -6.91. The van der Waals surface area contributed by atoms with E-state index in [1.807, 2.05) is 30.3 Å². The third-order valence-electron chi connectivity index (χ3n) is 11.8. The third kappa shape index (κ3) is 4.74. The molecule has 11 rings (SSSR count). The average molecular weight is 706 g/mol. The SMILES string of the molecule is CC1(c2ccc(-c3nc(-c4ccccc4)nc(-c4cccc5c4-c4ccccc4C54c5ccccc5Oc5ccccc54)n3)cc2)C=Cc2ccccc2C1. The summed E-state index contributed by atoms with van der Waals surface area (Å²) in [6, 6.07) is 60.0. The minimum absolute atomic E-state index is 0.109. The Morgan fingerprint density at radius 2 is 1.04 bits per heavy atom. The van der Waals surface area contributed by atoms with E-state index in [0.717, 1.165) is 51.3 Å². The summed E-state index contributed by atoms with van der Waals surface area (Å²) in [6.45, 7) is 2.32. The predicted octanol–water partition coefficient (Wildman–Crippen LogP) is 11.9. The van der Waals surface area contributed by atoms with E-state index in [0.29, 0.717) is 17.5 Å². The van der Waals surface area contributed by atoms with Crippen LogP contribution in [0.25, 0.3) is 51.4 Å². The third-order valence-corrected chi connectivity index (χ3v) is 11.8. The predicted molar refractivity (Wildman–Crippen MR) is 220 cm³/mol. The number of rotatable bonds is 4. The molecule has 1 spiro atoms. The fourth-order valence-electron chi connectivity index (χ4n) is 9.22. The summed E-state index contributed by atoms with van der Waals surface area (Å²) in [5, 5.41) is 0. The van der Waals surface area contributed by atoms with E-state index < -0.39 is 5.41 Å². The van der Waals surface area contributed by atoms with Crippen molar-refractivity contribution in [2.24, 2.45) is 0 Å². The molecular weight excluding hydrogens is 671 g/mol. The molecule has 260 valence electrons. The monoisotopic (exact) mass is 705 g/mol. The molecule has 4 heteroatoms. The molecule has 0 amide bonds. The van der Waals surface area contributed by atoms with Gasteiger partial charge in [0.2, 0.25) is 0 Å². The Morgan fingerprint density at radius 3 is 1.78 bits per heavy atom. The maximum atomic E-state index is 6.57. The maximum absolute atomic E-state index is 6.57. The van der Waals surface area contributed by atoms with Gasteiger partial charge in [-0.15, -0.1) is 0 Å². The first kappa shape index (κ1) is 31.6. The standard InChI is InChI=1S/C51H35N3O/c1-50(31-30-33-14-5-6-17-36(33)32-50)37-28-26-35(27-29-37)48-52-47(34-15-3-2-4-16-34)53-49(54-48)39-19-13-23-43-46(39)38-18-7-8-20-40(38)51(43)41-21-9-11-24-44(41)55-45-25-12-10-22-42(45)51/h2-31H,32H2,1H3. The molecule has 1 aliphatic heterocycles. The second-order valence-electron chi connectivity index (χ2n) is 15.0. The number of allylic oxidation sites excluding steroid dienone is 1. The van der Waals surface area contributed by atoms with Crippen molar-refractivity contribution < 1.29 is 4.74 Å². The molecular formula is C51H35N3O. The topological polar surface area (TPSA) is 47.9 Å². The number of nitrogens with zero attached hydrogens (tertiary/aromatic N) is 3. The van der Waals surface area contributed by atoms with Crippen LogP contribution in [0.4, 0.5) is 0 Å². The van der Waals surface area contributed by atoms with Crippen molar-refractivity contribution in [3.05, 3.63) is 215 Å². The highest BCUT2D eigenvalue weighted by Gasteiger charge is 2.51. The molecule has 0 N–H and O–H groups in total. The Labute approximate surface area is 320 Å². The fraction of sp³-hybridized carbons (Fsp3) is 0.0784. The Kier molecular flexibility index (Phi) is 6.93. The van der Waals surface area contributed by atoms with Crippen molar-refractivity contribution in [1.29, 1.82) is 0 Å². The average Bonchev–Trinajstić information content (AvgIpc) is 3.55. The van der Waals surface area contributed by atoms with Crippen molar-refractivity contribution in [2.45, 2.75) is 24.2 Å². The van der Waals surface area contributed by atoms with Crippen LogP contribution in [-0.4, -0.2) is 15.0 Å². The Balaban J connectivity index is 1.10. The van der Waals surface area contributed by atoms with Crippen molar-refractivity contribution in [3.63, 3.8) is 0 Å². The first-order valence-corrected chi connectivity index (χ1v) is 18.9. The van der Waals surface area contributed by atoms with Crippen LogP contribution in [0, 0.1) is 0 Å². The molecule has 0 fully saturated rings. The van der Waals surface area contributed by atoms with Gasteiger partial charge >= 0.3 is 0 Å². The lowest BCUT2D eigenvalue weighted by Crippen LogP contribution is -2.32. The van der Waals surface area contributed by atoms with Crippen LogP contribution in [0.5, 0.6) is 11.5 Å². The highest BCUT2D eigenvalue weighted by molar-refractivity contribution is 5.95. The summed E-state index contributed by atoms with van der Waals surface area (Å²) in [4.78, 5) is 15.7. The van der Waals surface area contributed by atoms with Gasteiger partial charge in [-0.25, -0.2) is 15.0 Å². The quantitative estimate of drug-likeness (QED) is 0.183. The van der Waals surface area contributed by atoms with Gasteiger partial charge in [0.25, 0.3) is 0 Å². The molecule has 8 aromatic rings. The van der Waals surface area contributed by atoms with E-state index in [1.165, 1.54) is 33.4 Å². The largest absolute Gasteiger partial charge is 0.457 e. The molecule has 1 unspecified atom stereocenters. The van der Waals surface area contributed by atoms with Gasteiger partial charge < -0.3 is 4.74 Å². The zero-order valence-corrected chi connectivity index (χ0v) is 30.3. The maximum Gasteiger partial charge on any atom is 0.164 e. The summed E-state index contributed by atoms with van der Waals surface area (Å²) in [5.41, 5.74) is 13.1. The van der Waals surface area contributed by atoms with Gasteiger partial charge in [-0.3, -0.25) is 0 Å². The minimum Gasteiger partial charge on any atom is -0.457 e. The van der Waals surface area contributed by atoms with E-state index in [9.17, 15) is 0 Å². The first-order chi connectivity index (χ1) is 27.1. The van der Waals surface area contributed by atoms with Crippen LogP contribution in [0.1, 0.15) is 45.9 Å². The zero-order chi connectivity index (χ0) is 36.6. The molecule has 7 aromatic carbocycles.